The van der Waals surface area contributed by atoms with E-state index in [1.165, 1.54) is 0 Å². The Kier molecular flexibility index (Phi) is 3.30. The zero-order valence-corrected chi connectivity index (χ0v) is 11.3. The van der Waals surface area contributed by atoms with E-state index in [-0.39, 0.29) is 0 Å². The lowest BCUT2D eigenvalue weighted by molar-refractivity contribution is 0.647. The summed E-state index contributed by atoms with van der Waals surface area (Å²) >= 11 is 9.47. The zero-order valence-electron chi connectivity index (χ0n) is 8.98. The van der Waals surface area contributed by atoms with Gasteiger partial charge in [0.2, 0.25) is 0 Å². The van der Waals surface area contributed by atoms with Gasteiger partial charge in [0.05, 0.1) is 17.9 Å². The predicted octanol–water partition coefficient (Wildman–Crippen LogP) is 1.92. The normalized spacial score (nSPS) is 11.0. The van der Waals surface area contributed by atoms with Gasteiger partial charge in [-0.15, -0.1) is 5.10 Å². The van der Waals surface area contributed by atoms with Crippen LogP contribution in [0.3, 0.4) is 0 Å². The molecule has 0 aliphatic heterocycles. The summed E-state index contributed by atoms with van der Waals surface area (Å²) < 4.78 is 3.42. The third-order valence-electron chi connectivity index (χ3n) is 2.31. The lowest BCUT2D eigenvalue weighted by atomic mass is 10.2. The van der Waals surface area contributed by atoms with E-state index in [1.54, 1.807) is 9.36 Å². The summed E-state index contributed by atoms with van der Waals surface area (Å²) in [4.78, 5) is 0. The highest BCUT2D eigenvalue weighted by Gasteiger charge is 2.12. The van der Waals surface area contributed by atoms with Crippen molar-refractivity contribution in [1.82, 2.24) is 24.8 Å². The van der Waals surface area contributed by atoms with Crippen molar-refractivity contribution in [3.05, 3.63) is 28.3 Å². The number of alkyl halides is 1. The van der Waals surface area contributed by atoms with Crippen LogP contribution in [0.4, 0.5) is 0 Å². The third kappa shape index (κ3) is 2.12. The highest BCUT2D eigenvalue weighted by atomic mass is 79.9. The molecule has 0 atom stereocenters. The minimum atomic E-state index is 0.596. The number of halogens is 2. The first-order valence-corrected chi connectivity index (χ1v) is 6.24. The van der Waals surface area contributed by atoms with E-state index in [4.69, 9.17) is 11.6 Å². The Labute approximate surface area is 107 Å². The Bertz CT molecular complexity index is 504. The van der Waals surface area contributed by atoms with E-state index in [0.29, 0.717) is 17.0 Å². The molecular weight excluding hydrogens is 293 g/mol. The molecule has 0 radical (unpaired) electrons. The predicted molar refractivity (Wildman–Crippen MR) is 64.7 cm³/mol. The van der Waals surface area contributed by atoms with Crippen molar-refractivity contribution in [1.29, 1.82) is 0 Å². The van der Waals surface area contributed by atoms with Gasteiger partial charge in [0.1, 0.15) is 5.15 Å². The molecule has 86 valence electrons. The molecule has 0 amide bonds. The second kappa shape index (κ2) is 4.55. The fraction of sp³-hybridized carbons (Fsp3) is 0.444. The number of rotatable bonds is 3. The smallest absolute Gasteiger partial charge is 0.132 e. The van der Waals surface area contributed by atoms with Crippen molar-refractivity contribution in [2.24, 2.45) is 7.05 Å². The molecule has 0 aromatic carbocycles. The van der Waals surface area contributed by atoms with Gasteiger partial charge in [-0.05, 0) is 6.92 Å². The first-order chi connectivity index (χ1) is 7.61. The standard InChI is InChI=1S/C9H11BrClN5/c1-6-8(9(11)15(2)13-6)5-16-4-7(3-10)12-14-16/h4H,3,5H2,1-2H3. The Morgan fingerprint density at radius 2 is 2.25 bits per heavy atom. The maximum atomic E-state index is 6.13. The highest BCUT2D eigenvalue weighted by molar-refractivity contribution is 9.08. The molecule has 0 N–H and O–H groups in total. The van der Waals surface area contributed by atoms with Crippen LogP contribution in [0.25, 0.3) is 0 Å². The first-order valence-electron chi connectivity index (χ1n) is 4.74. The third-order valence-corrected chi connectivity index (χ3v) is 3.36. The van der Waals surface area contributed by atoms with Gasteiger partial charge in [0, 0.05) is 24.1 Å². The molecule has 5 nitrogen and oxygen atoms in total. The molecule has 0 aliphatic carbocycles. The van der Waals surface area contributed by atoms with Gasteiger partial charge in [-0.3, -0.25) is 4.68 Å². The minimum Gasteiger partial charge on any atom is -0.256 e. The molecule has 2 heterocycles. The van der Waals surface area contributed by atoms with Crippen LogP contribution in [0.2, 0.25) is 5.15 Å². The Morgan fingerprint density at radius 1 is 1.50 bits per heavy atom. The van der Waals surface area contributed by atoms with Crippen LogP contribution >= 0.6 is 27.5 Å². The lowest BCUT2D eigenvalue weighted by Gasteiger charge is -1.99. The van der Waals surface area contributed by atoms with Crippen LogP contribution in [-0.4, -0.2) is 24.8 Å². The summed E-state index contributed by atoms with van der Waals surface area (Å²) in [7, 11) is 1.82. The van der Waals surface area contributed by atoms with E-state index < -0.39 is 0 Å². The van der Waals surface area contributed by atoms with Crippen LogP contribution in [0.1, 0.15) is 17.0 Å². The average Bonchev–Trinajstić information content (AvgIpc) is 2.80. The highest BCUT2D eigenvalue weighted by Crippen LogP contribution is 2.19. The van der Waals surface area contributed by atoms with Crippen LogP contribution in [0, 0.1) is 6.92 Å². The molecule has 2 aromatic rings. The molecule has 2 aromatic heterocycles. The minimum absolute atomic E-state index is 0.596. The summed E-state index contributed by atoms with van der Waals surface area (Å²) in [6, 6.07) is 0. The molecule has 0 spiro atoms. The van der Waals surface area contributed by atoms with E-state index in [1.807, 2.05) is 20.2 Å². The van der Waals surface area contributed by atoms with Crippen molar-refractivity contribution in [2.75, 3.05) is 0 Å². The molecule has 16 heavy (non-hydrogen) atoms. The summed E-state index contributed by atoms with van der Waals surface area (Å²) in [5, 5.41) is 13.6. The van der Waals surface area contributed by atoms with Crippen LogP contribution in [0.15, 0.2) is 6.20 Å². The molecule has 0 unspecified atom stereocenters. The van der Waals surface area contributed by atoms with Gasteiger partial charge in [-0.1, -0.05) is 32.7 Å². The van der Waals surface area contributed by atoms with E-state index in [2.05, 4.69) is 31.3 Å². The molecule has 0 fully saturated rings. The summed E-state index contributed by atoms with van der Waals surface area (Å²) in [6.45, 7) is 2.53. The largest absolute Gasteiger partial charge is 0.256 e. The first kappa shape index (κ1) is 11.6. The number of nitrogens with zero attached hydrogens (tertiary/aromatic N) is 5. The number of hydrogen-bond acceptors (Lipinski definition) is 3. The van der Waals surface area contributed by atoms with Gasteiger partial charge >= 0.3 is 0 Å². The zero-order chi connectivity index (χ0) is 11.7. The fourth-order valence-electron chi connectivity index (χ4n) is 1.49. The van der Waals surface area contributed by atoms with Crippen molar-refractivity contribution in [3.8, 4) is 0 Å². The number of hydrogen-bond donors (Lipinski definition) is 0. The van der Waals surface area contributed by atoms with Crippen molar-refractivity contribution in [3.63, 3.8) is 0 Å². The second-order valence-electron chi connectivity index (χ2n) is 3.52. The SMILES string of the molecule is Cc1nn(C)c(Cl)c1Cn1cc(CBr)nn1. The molecule has 0 bridgehead atoms. The monoisotopic (exact) mass is 303 g/mol. The van der Waals surface area contributed by atoms with Crippen molar-refractivity contribution < 1.29 is 0 Å². The van der Waals surface area contributed by atoms with E-state index in [9.17, 15) is 0 Å². The molecule has 0 saturated carbocycles. The van der Waals surface area contributed by atoms with E-state index >= 15 is 0 Å². The number of aromatic nitrogens is 5. The maximum Gasteiger partial charge on any atom is 0.132 e. The van der Waals surface area contributed by atoms with E-state index in [0.717, 1.165) is 17.0 Å². The van der Waals surface area contributed by atoms with Gasteiger partial charge in [0.25, 0.3) is 0 Å². The van der Waals surface area contributed by atoms with Gasteiger partial charge in [0.15, 0.2) is 0 Å². The van der Waals surface area contributed by atoms with Crippen molar-refractivity contribution >= 4 is 27.5 Å². The van der Waals surface area contributed by atoms with Gasteiger partial charge < -0.3 is 0 Å². The Morgan fingerprint density at radius 3 is 2.75 bits per heavy atom. The number of aryl methyl sites for hydroxylation is 2. The molecule has 2 rings (SSSR count). The summed E-state index contributed by atoms with van der Waals surface area (Å²) in [5.41, 5.74) is 2.80. The average molecular weight is 305 g/mol. The molecule has 0 saturated heterocycles. The molecular formula is C9H11BrClN5. The molecule has 0 aliphatic rings. The Balaban J connectivity index is 2.26. The van der Waals surface area contributed by atoms with Gasteiger partial charge in [-0.2, -0.15) is 5.10 Å². The van der Waals surface area contributed by atoms with Crippen LogP contribution in [0.5, 0.6) is 0 Å². The van der Waals surface area contributed by atoms with Gasteiger partial charge in [-0.25, -0.2) is 4.68 Å². The second-order valence-corrected chi connectivity index (χ2v) is 4.44. The summed E-state index contributed by atoms with van der Waals surface area (Å²) in [5.74, 6) is 0. The fourth-order valence-corrected chi connectivity index (χ4v) is 1.98. The van der Waals surface area contributed by atoms with Crippen LogP contribution < -0.4 is 0 Å². The molecule has 7 heteroatoms. The maximum absolute atomic E-state index is 6.13. The van der Waals surface area contributed by atoms with Crippen molar-refractivity contribution in [2.45, 2.75) is 18.8 Å². The topological polar surface area (TPSA) is 48.5 Å². The summed E-state index contributed by atoms with van der Waals surface area (Å²) in [6.07, 6.45) is 1.89. The lowest BCUT2D eigenvalue weighted by Crippen LogP contribution is -2.01. The Hall–Kier alpha value is -0.880. The quantitative estimate of drug-likeness (QED) is 0.814. The van der Waals surface area contributed by atoms with Crippen LogP contribution in [-0.2, 0) is 18.9 Å².